The van der Waals surface area contributed by atoms with Gasteiger partial charge in [-0.3, -0.25) is 0 Å². The predicted molar refractivity (Wildman–Crippen MR) is 57.2 cm³/mol. The van der Waals surface area contributed by atoms with Crippen LogP contribution in [-0.2, 0) is 6.18 Å². The number of aryl methyl sites for hydroxylation is 1. The molecule has 0 aliphatic carbocycles. The lowest BCUT2D eigenvalue weighted by Crippen LogP contribution is -2.03. The molecule has 0 radical (unpaired) electrons. The van der Waals surface area contributed by atoms with Gasteiger partial charge in [-0.15, -0.1) is 11.3 Å². The molecule has 2 rings (SSSR count). The summed E-state index contributed by atoms with van der Waals surface area (Å²) >= 11 is 0.458. The number of rotatable bonds is 1. The molecule has 17 heavy (non-hydrogen) atoms. The lowest BCUT2D eigenvalue weighted by molar-refractivity contribution is -0.134. The number of thiazole rings is 1. The van der Waals surface area contributed by atoms with E-state index in [1.165, 1.54) is 25.1 Å². The second-order valence-corrected chi connectivity index (χ2v) is 4.41. The SMILES string of the molecule is Cc1nc(-c2ccccc2F)sc1C(F)(F)F. The van der Waals surface area contributed by atoms with Crippen molar-refractivity contribution in [3.63, 3.8) is 0 Å². The Morgan fingerprint density at radius 1 is 1.18 bits per heavy atom. The van der Waals surface area contributed by atoms with Crippen LogP contribution in [0, 0.1) is 12.7 Å². The molecule has 0 unspecified atom stereocenters. The van der Waals surface area contributed by atoms with Gasteiger partial charge in [0.2, 0.25) is 0 Å². The third-order valence-electron chi connectivity index (χ3n) is 2.16. The molecule has 0 aliphatic rings. The summed E-state index contributed by atoms with van der Waals surface area (Å²) in [7, 11) is 0. The third-order valence-corrected chi connectivity index (χ3v) is 3.39. The van der Waals surface area contributed by atoms with Crippen molar-refractivity contribution >= 4 is 11.3 Å². The van der Waals surface area contributed by atoms with Gasteiger partial charge in [-0.05, 0) is 19.1 Å². The summed E-state index contributed by atoms with van der Waals surface area (Å²) < 4.78 is 51.1. The topological polar surface area (TPSA) is 12.9 Å². The highest BCUT2D eigenvalue weighted by Gasteiger charge is 2.36. The first-order valence-corrected chi connectivity index (χ1v) is 5.51. The Morgan fingerprint density at radius 2 is 1.82 bits per heavy atom. The van der Waals surface area contributed by atoms with Crippen molar-refractivity contribution in [2.45, 2.75) is 13.1 Å². The van der Waals surface area contributed by atoms with E-state index in [0.29, 0.717) is 11.3 Å². The number of halogens is 4. The molecule has 1 aromatic heterocycles. The fourth-order valence-electron chi connectivity index (χ4n) is 1.41. The van der Waals surface area contributed by atoms with Crippen LogP contribution in [0.4, 0.5) is 17.6 Å². The zero-order chi connectivity index (χ0) is 12.6. The molecule has 90 valence electrons. The Bertz CT molecular complexity index is 545. The van der Waals surface area contributed by atoms with Crippen LogP contribution in [0.1, 0.15) is 10.6 Å². The van der Waals surface area contributed by atoms with E-state index in [4.69, 9.17) is 0 Å². The average Bonchev–Trinajstić information content (AvgIpc) is 2.60. The van der Waals surface area contributed by atoms with Gasteiger partial charge in [-0.25, -0.2) is 9.37 Å². The maximum absolute atomic E-state index is 13.4. The van der Waals surface area contributed by atoms with Crippen molar-refractivity contribution in [2.75, 3.05) is 0 Å². The number of nitrogens with zero attached hydrogens (tertiary/aromatic N) is 1. The molecule has 1 heterocycles. The van der Waals surface area contributed by atoms with Gasteiger partial charge in [0.15, 0.2) is 0 Å². The van der Waals surface area contributed by atoms with E-state index in [-0.39, 0.29) is 16.3 Å². The normalized spacial score (nSPS) is 11.8. The molecular weight excluding hydrogens is 254 g/mol. The third kappa shape index (κ3) is 2.31. The molecule has 0 saturated heterocycles. The highest BCUT2D eigenvalue weighted by molar-refractivity contribution is 7.15. The van der Waals surface area contributed by atoms with E-state index in [2.05, 4.69) is 4.98 Å². The summed E-state index contributed by atoms with van der Waals surface area (Å²) in [5.74, 6) is -0.574. The summed E-state index contributed by atoms with van der Waals surface area (Å²) in [5.41, 5.74) is -0.0307. The number of benzene rings is 1. The lowest BCUT2D eigenvalue weighted by Gasteiger charge is -2.02. The predicted octanol–water partition coefficient (Wildman–Crippen LogP) is 4.28. The fraction of sp³-hybridized carbons (Fsp3) is 0.182. The van der Waals surface area contributed by atoms with Crippen LogP contribution in [0.25, 0.3) is 10.6 Å². The van der Waals surface area contributed by atoms with Crippen LogP contribution in [0.3, 0.4) is 0 Å². The van der Waals surface area contributed by atoms with E-state index < -0.39 is 16.9 Å². The van der Waals surface area contributed by atoms with E-state index >= 15 is 0 Å². The van der Waals surface area contributed by atoms with Gasteiger partial charge in [-0.2, -0.15) is 13.2 Å². The summed E-state index contributed by atoms with van der Waals surface area (Å²) in [6.45, 7) is 1.27. The highest BCUT2D eigenvalue weighted by Crippen LogP contribution is 2.39. The molecule has 0 spiro atoms. The monoisotopic (exact) mass is 261 g/mol. The van der Waals surface area contributed by atoms with Gasteiger partial charge in [0.05, 0.1) is 5.69 Å². The van der Waals surface area contributed by atoms with Crippen molar-refractivity contribution in [2.24, 2.45) is 0 Å². The first kappa shape index (κ1) is 12.0. The molecule has 2 aromatic rings. The van der Waals surface area contributed by atoms with Crippen molar-refractivity contribution in [1.29, 1.82) is 0 Å². The minimum atomic E-state index is -4.44. The Kier molecular flexibility index (Phi) is 2.91. The Balaban J connectivity index is 2.53. The van der Waals surface area contributed by atoms with Gasteiger partial charge in [-0.1, -0.05) is 12.1 Å². The highest BCUT2D eigenvalue weighted by atomic mass is 32.1. The molecule has 0 aliphatic heterocycles. The zero-order valence-corrected chi connectivity index (χ0v) is 9.49. The minimum absolute atomic E-state index is 0.0490. The number of hydrogen-bond acceptors (Lipinski definition) is 2. The maximum Gasteiger partial charge on any atom is 0.427 e. The fourth-order valence-corrected chi connectivity index (χ4v) is 2.37. The van der Waals surface area contributed by atoms with Crippen LogP contribution in [0.2, 0.25) is 0 Å². The number of alkyl halides is 3. The van der Waals surface area contributed by atoms with Gasteiger partial charge in [0.25, 0.3) is 0 Å². The van der Waals surface area contributed by atoms with Crippen LogP contribution in [0.15, 0.2) is 24.3 Å². The second kappa shape index (κ2) is 4.10. The van der Waals surface area contributed by atoms with Gasteiger partial charge >= 0.3 is 6.18 Å². The van der Waals surface area contributed by atoms with Crippen molar-refractivity contribution in [1.82, 2.24) is 4.98 Å². The zero-order valence-electron chi connectivity index (χ0n) is 8.68. The van der Waals surface area contributed by atoms with Gasteiger partial charge < -0.3 is 0 Å². The molecule has 6 heteroatoms. The summed E-state index contributed by atoms with van der Waals surface area (Å²) in [5, 5.41) is 0.0490. The van der Waals surface area contributed by atoms with Crippen molar-refractivity contribution in [3.05, 3.63) is 40.7 Å². The Hall–Kier alpha value is -1.43. The Labute approximate surface area is 98.7 Å². The Morgan fingerprint density at radius 3 is 2.35 bits per heavy atom. The molecule has 0 fully saturated rings. The second-order valence-electron chi connectivity index (χ2n) is 3.41. The first-order valence-electron chi connectivity index (χ1n) is 4.69. The average molecular weight is 261 g/mol. The standard InChI is InChI=1S/C11H7F4NS/c1-6-9(11(13,14)15)17-10(16-6)7-4-2-3-5-8(7)12/h2-5H,1H3. The lowest BCUT2D eigenvalue weighted by atomic mass is 10.2. The van der Waals surface area contributed by atoms with Gasteiger partial charge in [0.1, 0.15) is 15.7 Å². The number of aromatic nitrogens is 1. The molecule has 1 nitrogen and oxygen atoms in total. The number of hydrogen-bond donors (Lipinski definition) is 0. The van der Waals surface area contributed by atoms with Gasteiger partial charge in [0, 0.05) is 5.56 Å². The van der Waals surface area contributed by atoms with Crippen molar-refractivity contribution in [3.8, 4) is 10.6 Å². The molecule has 0 amide bonds. The molecule has 0 bridgehead atoms. The van der Waals surface area contributed by atoms with E-state index in [1.54, 1.807) is 6.07 Å². The van der Waals surface area contributed by atoms with E-state index in [9.17, 15) is 17.6 Å². The first-order chi connectivity index (χ1) is 7.89. The van der Waals surface area contributed by atoms with Crippen molar-refractivity contribution < 1.29 is 17.6 Å². The smallest absolute Gasteiger partial charge is 0.241 e. The molecule has 0 atom stereocenters. The van der Waals surface area contributed by atoms with Crippen LogP contribution >= 0.6 is 11.3 Å². The minimum Gasteiger partial charge on any atom is -0.241 e. The largest absolute Gasteiger partial charge is 0.427 e. The molecular formula is C11H7F4NS. The maximum atomic E-state index is 13.4. The summed E-state index contributed by atoms with van der Waals surface area (Å²) in [6, 6.07) is 5.64. The van der Waals surface area contributed by atoms with E-state index in [1.807, 2.05) is 0 Å². The molecule has 0 N–H and O–H groups in total. The molecule has 0 saturated carbocycles. The quantitative estimate of drug-likeness (QED) is 0.698. The molecule has 1 aromatic carbocycles. The van der Waals surface area contributed by atoms with Crippen LogP contribution in [-0.4, -0.2) is 4.98 Å². The van der Waals surface area contributed by atoms with Crippen LogP contribution in [0.5, 0.6) is 0 Å². The summed E-state index contributed by atoms with van der Waals surface area (Å²) in [4.78, 5) is 2.98. The van der Waals surface area contributed by atoms with E-state index in [0.717, 1.165) is 0 Å². The summed E-state index contributed by atoms with van der Waals surface area (Å²) in [6.07, 6.45) is -4.44. The van der Waals surface area contributed by atoms with Crippen LogP contribution < -0.4 is 0 Å².